The highest BCUT2D eigenvalue weighted by molar-refractivity contribution is 5.87. The molecule has 1 aliphatic carbocycles. The average molecular weight is 244 g/mol. The SMILES string of the molecule is O/N=C1/CCC[C@H]2CN(Cc3ccccc3)C[C@H]12. The molecule has 96 valence electrons. The molecule has 0 spiro atoms. The summed E-state index contributed by atoms with van der Waals surface area (Å²) in [5, 5.41) is 12.6. The van der Waals surface area contributed by atoms with Gasteiger partial charge in [0, 0.05) is 25.6 Å². The van der Waals surface area contributed by atoms with Gasteiger partial charge in [-0.15, -0.1) is 0 Å². The van der Waals surface area contributed by atoms with Crippen molar-refractivity contribution < 1.29 is 5.21 Å². The number of benzene rings is 1. The Bertz CT molecular complexity index is 429. The van der Waals surface area contributed by atoms with Gasteiger partial charge in [-0.05, 0) is 30.7 Å². The van der Waals surface area contributed by atoms with E-state index in [1.165, 1.54) is 18.4 Å². The van der Waals surface area contributed by atoms with Crippen molar-refractivity contribution in [2.24, 2.45) is 17.0 Å². The lowest BCUT2D eigenvalue weighted by Gasteiger charge is -2.24. The van der Waals surface area contributed by atoms with Crippen molar-refractivity contribution in [2.75, 3.05) is 13.1 Å². The van der Waals surface area contributed by atoms with Crippen molar-refractivity contribution in [3.05, 3.63) is 35.9 Å². The van der Waals surface area contributed by atoms with E-state index in [2.05, 4.69) is 40.4 Å². The Hall–Kier alpha value is -1.35. The molecule has 2 aliphatic rings. The van der Waals surface area contributed by atoms with E-state index >= 15 is 0 Å². The number of fused-ring (bicyclic) bond motifs is 1. The Labute approximate surface area is 108 Å². The van der Waals surface area contributed by atoms with Crippen molar-refractivity contribution in [1.82, 2.24) is 4.90 Å². The third kappa shape index (κ3) is 2.27. The molecule has 18 heavy (non-hydrogen) atoms. The molecule has 1 saturated carbocycles. The third-order valence-corrected chi connectivity index (χ3v) is 4.33. The van der Waals surface area contributed by atoms with Gasteiger partial charge < -0.3 is 5.21 Å². The van der Waals surface area contributed by atoms with Gasteiger partial charge in [0.05, 0.1) is 5.71 Å². The molecular formula is C15H20N2O. The zero-order valence-electron chi connectivity index (χ0n) is 10.6. The first kappa shape index (κ1) is 11.7. The molecule has 0 unspecified atom stereocenters. The smallest absolute Gasteiger partial charge is 0.0617 e. The lowest BCUT2D eigenvalue weighted by Crippen LogP contribution is -2.27. The Kier molecular flexibility index (Phi) is 3.33. The molecule has 0 bridgehead atoms. The standard InChI is InChI=1S/C15H20N2O/c18-16-15-8-4-7-13-10-17(11-14(13)15)9-12-5-2-1-3-6-12/h1-3,5-6,13-14,18H,4,7-11H2/b16-15-/t13-,14-/m0/s1. The Balaban J connectivity index is 1.67. The summed E-state index contributed by atoms with van der Waals surface area (Å²) < 4.78 is 0. The highest BCUT2D eigenvalue weighted by atomic mass is 16.4. The lowest BCUT2D eigenvalue weighted by atomic mass is 9.80. The van der Waals surface area contributed by atoms with Gasteiger partial charge in [-0.1, -0.05) is 35.5 Å². The first-order valence-corrected chi connectivity index (χ1v) is 6.84. The zero-order valence-corrected chi connectivity index (χ0v) is 10.6. The van der Waals surface area contributed by atoms with Crippen LogP contribution < -0.4 is 0 Å². The minimum absolute atomic E-state index is 0.493. The summed E-state index contributed by atoms with van der Waals surface area (Å²) in [6.45, 7) is 3.23. The van der Waals surface area contributed by atoms with Crippen molar-refractivity contribution in [3.63, 3.8) is 0 Å². The van der Waals surface area contributed by atoms with Gasteiger partial charge in [-0.3, -0.25) is 4.90 Å². The van der Waals surface area contributed by atoms with E-state index in [-0.39, 0.29) is 0 Å². The van der Waals surface area contributed by atoms with Crippen LogP contribution in [0.2, 0.25) is 0 Å². The molecule has 1 heterocycles. The van der Waals surface area contributed by atoms with Crippen LogP contribution in [-0.2, 0) is 6.54 Å². The van der Waals surface area contributed by atoms with Crippen LogP contribution in [0.5, 0.6) is 0 Å². The fraction of sp³-hybridized carbons (Fsp3) is 0.533. The van der Waals surface area contributed by atoms with Gasteiger partial charge in [0.25, 0.3) is 0 Å². The van der Waals surface area contributed by atoms with Crippen molar-refractivity contribution >= 4 is 5.71 Å². The van der Waals surface area contributed by atoms with E-state index < -0.39 is 0 Å². The molecule has 3 rings (SSSR count). The van der Waals surface area contributed by atoms with E-state index in [9.17, 15) is 0 Å². The molecule has 2 fully saturated rings. The first-order valence-electron chi connectivity index (χ1n) is 6.84. The maximum absolute atomic E-state index is 9.08. The number of hydrogen-bond acceptors (Lipinski definition) is 3. The first-order chi connectivity index (χ1) is 8.86. The zero-order chi connectivity index (χ0) is 12.4. The second-order valence-corrected chi connectivity index (χ2v) is 5.53. The molecule has 1 aromatic carbocycles. The van der Waals surface area contributed by atoms with Gasteiger partial charge in [0.1, 0.15) is 0 Å². The molecular weight excluding hydrogens is 224 g/mol. The van der Waals surface area contributed by atoms with Crippen LogP contribution in [0.15, 0.2) is 35.5 Å². The van der Waals surface area contributed by atoms with Gasteiger partial charge >= 0.3 is 0 Å². The van der Waals surface area contributed by atoms with Gasteiger partial charge in [-0.2, -0.15) is 0 Å². The summed E-state index contributed by atoms with van der Waals surface area (Å²) in [7, 11) is 0. The van der Waals surface area contributed by atoms with Crippen molar-refractivity contribution in [1.29, 1.82) is 0 Å². The van der Waals surface area contributed by atoms with E-state index in [0.717, 1.165) is 31.8 Å². The normalized spacial score (nSPS) is 30.6. The molecule has 0 amide bonds. The summed E-state index contributed by atoms with van der Waals surface area (Å²) in [5.74, 6) is 1.20. The fourth-order valence-corrected chi connectivity index (χ4v) is 3.46. The Morgan fingerprint density at radius 3 is 2.83 bits per heavy atom. The van der Waals surface area contributed by atoms with Gasteiger partial charge in [0.15, 0.2) is 0 Å². The average Bonchev–Trinajstić information content (AvgIpc) is 2.82. The number of rotatable bonds is 2. The van der Waals surface area contributed by atoms with Crippen LogP contribution in [0.3, 0.4) is 0 Å². The number of likely N-dealkylation sites (tertiary alicyclic amines) is 1. The second kappa shape index (κ2) is 5.11. The highest BCUT2D eigenvalue weighted by Crippen LogP contribution is 2.35. The van der Waals surface area contributed by atoms with Crippen molar-refractivity contribution in [3.8, 4) is 0 Å². The van der Waals surface area contributed by atoms with E-state index in [4.69, 9.17) is 5.21 Å². The quantitative estimate of drug-likeness (QED) is 0.641. The summed E-state index contributed by atoms with van der Waals surface area (Å²) in [6, 6.07) is 10.6. The van der Waals surface area contributed by atoms with Crippen LogP contribution in [0.25, 0.3) is 0 Å². The summed E-state index contributed by atoms with van der Waals surface area (Å²) in [4.78, 5) is 2.50. The van der Waals surface area contributed by atoms with Gasteiger partial charge in [-0.25, -0.2) is 0 Å². The van der Waals surface area contributed by atoms with Crippen molar-refractivity contribution in [2.45, 2.75) is 25.8 Å². The molecule has 1 aromatic rings. The number of nitrogens with zero attached hydrogens (tertiary/aromatic N) is 2. The van der Waals surface area contributed by atoms with Crippen LogP contribution in [0, 0.1) is 11.8 Å². The number of hydrogen-bond donors (Lipinski definition) is 1. The van der Waals surface area contributed by atoms with E-state index in [0.29, 0.717) is 11.8 Å². The summed E-state index contributed by atoms with van der Waals surface area (Å²) in [5.41, 5.74) is 2.40. The molecule has 0 radical (unpaired) electrons. The van der Waals surface area contributed by atoms with Crippen LogP contribution in [0.4, 0.5) is 0 Å². The molecule has 0 aromatic heterocycles. The lowest BCUT2D eigenvalue weighted by molar-refractivity contribution is 0.304. The molecule has 3 heteroatoms. The monoisotopic (exact) mass is 244 g/mol. The molecule has 2 atom stereocenters. The Morgan fingerprint density at radius 2 is 2.06 bits per heavy atom. The summed E-state index contributed by atoms with van der Waals surface area (Å²) >= 11 is 0. The molecule has 1 aliphatic heterocycles. The van der Waals surface area contributed by atoms with Crippen LogP contribution >= 0.6 is 0 Å². The predicted molar refractivity (Wildman–Crippen MR) is 71.8 cm³/mol. The van der Waals surface area contributed by atoms with E-state index in [1.54, 1.807) is 0 Å². The van der Waals surface area contributed by atoms with Gasteiger partial charge in [0.2, 0.25) is 0 Å². The highest BCUT2D eigenvalue weighted by Gasteiger charge is 2.38. The predicted octanol–water partition coefficient (Wildman–Crippen LogP) is 2.75. The summed E-state index contributed by atoms with van der Waals surface area (Å²) in [6.07, 6.45) is 3.45. The minimum Gasteiger partial charge on any atom is -0.411 e. The molecule has 3 nitrogen and oxygen atoms in total. The fourth-order valence-electron chi connectivity index (χ4n) is 3.46. The largest absolute Gasteiger partial charge is 0.411 e. The number of oxime groups is 1. The second-order valence-electron chi connectivity index (χ2n) is 5.53. The Morgan fingerprint density at radius 1 is 1.22 bits per heavy atom. The molecule has 1 saturated heterocycles. The maximum Gasteiger partial charge on any atom is 0.0617 e. The van der Waals surface area contributed by atoms with E-state index in [1.807, 2.05) is 0 Å². The minimum atomic E-state index is 0.493. The topological polar surface area (TPSA) is 35.8 Å². The van der Waals surface area contributed by atoms with Crippen LogP contribution in [-0.4, -0.2) is 28.9 Å². The van der Waals surface area contributed by atoms with Crippen LogP contribution in [0.1, 0.15) is 24.8 Å². The third-order valence-electron chi connectivity index (χ3n) is 4.33. The maximum atomic E-state index is 9.08. The molecule has 1 N–H and O–H groups in total.